The maximum atomic E-state index is 9.66. The van der Waals surface area contributed by atoms with Gasteiger partial charge in [-0.05, 0) is 38.1 Å². The van der Waals surface area contributed by atoms with Crippen LogP contribution in [0.5, 0.6) is 5.75 Å². The molecule has 0 radical (unpaired) electrons. The molecule has 1 fully saturated rings. The number of nitrogens with one attached hydrogen (secondary N) is 1. The molecule has 1 saturated heterocycles. The quantitative estimate of drug-likeness (QED) is 0.801. The zero-order valence-electron chi connectivity index (χ0n) is 9.82. The maximum absolute atomic E-state index is 9.66. The third kappa shape index (κ3) is 2.74. The van der Waals surface area contributed by atoms with Crippen molar-refractivity contribution in [3.05, 3.63) is 29.8 Å². The van der Waals surface area contributed by atoms with Crippen LogP contribution in [0.15, 0.2) is 24.3 Å². The average molecular weight is 220 g/mol. The van der Waals surface area contributed by atoms with Crippen LogP contribution in [-0.4, -0.2) is 42.7 Å². The molecule has 0 amide bonds. The van der Waals surface area contributed by atoms with E-state index < -0.39 is 0 Å². The van der Waals surface area contributed by atoms with Crippen molar-refractivity contribution in [2.24, 2.45) is 0 Å². The minimum absolute atomic E-state index is 0.417. The van der Waals surface area contributed by atoms with Gasteiger partial charge in [-0.25, -0.2) is 0 Å². The molecular weight excluding hydrogens is 200 g/mol. The summed E-state index contributed by atoms with van der Waals surface area (Å²) >= 11 is 0. The Morgan fingerprint density at radius 3 is 2.94 bits per heavy atom. The second-order valence-electron chi connectivity index (χ2n) is 4.51. The van der Waals surface area contributed by atoms with E-state index >= 15 is 0 Å². The molecule has 0 aromatic heterocycles. The summed E-state index contributed by atoms with van der Waals surface area (Å²) in [7, 11) is 2.16. The number of rotatable bonds is 4. The van der Waals surface area contributed by atoms with Gasteiger partial charge in [-0.1, -0.05) is 18.2 Å². The first-order chi connectivity index (χ1) is 7.77. The monoisotopic (exact) mass is 220 g/mol. The van der Waals surface area contributed by atoms with Crippen molar-refractivity contribution in [2.45, 2.75) is 18.9 Å². The summed E-state index contributed by atoms with van der Waals surface area (Å²) in [4.78, 5) is 2.38. The summed E-state index contributed by atoms with van der Waals surface area (Å²) in [5, 5.41) is 13.0. The van der Waals surface area contributed by atoms with Crippen molar-refractivity contribution in [2.75, 3.05) is 26.7 Å². The molecule has 1 aromatic carbocycles. The topological polar surface area (TPSA) is 35.5 Å². The normalized spacial score (nSPS) is 20.5. The van der Waals surface area contributed by atoms with Crippen LogP contribution in [0.25, 0.3) is 0 Å². The number of nitrogens with zero attached hydrogens (tertiary/aromatic N) is 1. The van der Waals surface area contributed by atoms with Crippen molar-refractivity contribution >= 4 is 0 Å². The van der Waals surface area contributed by atoms with Crippen LogP contribution in [-0.2, 0) is 6.42 Å². The maximum Gasteiger partial charge on any atom is 0.118 e. The van der Waals surface area contributed by atoms with Crippen molar-refractivity contribution < 1.29 is 5.11 Å². The molecule has 88 valence electrons. The molecule has 0 aliphatic carbocycles. The number of phenolic OH excluding ortho intramolecular Hbond substituents is 1. The number of aromatic hydroxyl groups is 1. The lowest BCUT2D eigenvalue weighted by atomic mass is 10.1. The van der Waals surface area contributed by atoms with Gasteiger partial charge in [0.25, 0.3) is 0 Å². The number of para-hydroxylation sites is 1. The van der Waals surface area contributed by atoms with Gasteiger partial charge in [0.05, 0.1) is 0 Å². The summed E-state index contributed by atoms with van der Waals surface area (Å²) < 4.78 is 0. The van der Waals surface area contributed by atoms with Gasteiger partial charge >= 0.3 is 0 Å². The molecule has 0 bridgehead atoms. The fourth-order valence-electron chi connectivity index (χ4n) is 2.22. The van der Waals surface area contributed by atoms with E-state index in [4.69, 9.17) is 0 Å². The van der Waals surface area contributed by atoms with Gasteiger partial charge in [0.15, 0.2) is 0 Å². The molecule has 0 saturated carbocycles. The summed E-state index contributed by atoms with van der Waals surface area (Å²) in [6.45, 7) is 3.23. The third-order valence-corrected chi connectivity index (χ3v) is 3.38. The molecule has 3 heteroatoms. The van der Waals surface area contributed by atoms with Crippen LogP contribution in [0.2, 0.25) is 0 Å². The van der Waals surface area contributed by atoms with Crippen LogP contribution in [0.1, 0.15) is 12.0 Å². The molecule has 0 spiro atoms. The van der Waals surface area contributed by atoms with Crippen LogP contribution in [0.4, 0.5) is 0 Å². The Hall–Kier alpha value is -1.06. The predicted octanol–water partition coefficient (Wildman–Crippen LogP) is 1.23. The Bertz CT molecular complexity index is 334. The fourth-order valence-corrected chi connectivity index (χ4v) is 2.22. The number of hydrogen-bond donors (Lipinski definition) is 2. The van der Waals surface area contributed by atoms with Crippen LogP contribution in [0, 0.1) is 0 Å². The predicted molar refractivity (Wildman–Crippen MR) is 65.7 cm³/mol. The third-order valence-electron chi connectivity index (χ3n) is 3.38. The molecule has 1 aliphatic rings. The standard InChI is InChI=1S/C13H20N2O/c1-15(12-6-8-14-10-12)9-7-11-4-2-3-5-13(11)16/h2-5,12,14,16H,6-10H2,1H3. The van der Waals surface area contributed by atoms with Gasteiger partial charge in [-0.2, -0.15) is 0 Å². The molecule has 2 rings (SSSR count). The molecule has 1 unspecified atom stereocenters. The second kappa shape index (κ2) is 5.32. The first-order valence-electron chi connectivity index (χ1n) is 5.95. The Labute approximate surface area is 97.1 Å². The van der Waals surface area contributed by atoms with Crippen molar-refractivity contribution in [3.63, 3.8) is 0 Å². The summed E-state index contributed by atoms with van der Waals surface area (Å²) in [6.07, 6.45) is 2.15. The van der Waals surface area contributed by atoms with E-state index in [1.165, 1.54) is 6.42 Å². The SMILES string of the molecule is CN(CCc1ccccc1O)C1CCNC1. The van der Waals surface area contributed by atoms with Gasteiger partial charge in [0.2, 0.25) is 0 Å². The van der Waals surface area contributed by atoms with Gasteiger partial charge in [-0.15, -0.1) is 0 Å². The minimum Gasteiger partial charge on any atom is -0.508 e. The molecule has 1 aliphatic heterocycles. The van der Waals surface area contributed by atoms with E-state index in [1.807, 2.05) is 18.2 Å². The number of phenols is 1. The Kier molecular flexibility index (Phi) is 3.80. The number of likely N-dealkylation sites (N-methyl/N-ethyl adjacent to an activating group) is 1. The lowest BCUT2D eigenvalue weighted by molar-refractivity contribution is 0.259. The summed E-state index contributed by atoms with van der Waals surface area (Å²) in [5.41, 5.74) is 1.04. The molecule has 1 aromatic rings. The Balaban J connectivity index is 1.84. The fraction of sp³-hybridized carbons (Fsp3) is 0.538. The van der Waals surface area contributed by atoms with E-state index in [-0.39, 0.29) is 0 Å². The van der Waals surface area contributed by atoms with E-state index in [0.29, 0.717) is 11.8 Å². The van der Waals surface area contributed by atoms with E-state index in [1.54, 1.807) is 6.07 Å². The summed E-state index contributed by atoms with van der Waals surface area (Å²) in [6, 6.07) is 8.25. The number of hydrogen-bond acceptors (Lipinski definition) is 3. The highest BCUT2D eigenvalue weighted by Gasteiger charge is 2.18. The second-order valence-corrected chi connectivity index (χ2v) is 4.51. The van der Waals surface area contributed by atoms with Crippen LogP contribution in [0.3, 0.4) is 0 Å². The lowest BCUT2D eigenvalue weighted by Gasteiger charge is -2.23. The molecular formula is C13H20N2O. The highest BCUT2D eigenvalue weighted by Crippen LogP contribution is 2.17. The molecule has 1 heterocycles. The van der Waals surface area contributed by atoms with Crippen LogP contribution < -0.4 is 5.32 Å². The smallest absolute Gasteiger partial charge is 0.118 e. The molecule has 3 nitrogen and oxygen atoms in total. The average Bonchev–Trinajstić information content (AvgIpc) is 2.81. The van der Waals surface area contributed by atoms with Crippen molar-refractivity contribution in [3.8, 4) is 5.75 Å². The lowest BCUT2D eigenvalue weighted by Crippen LogP contribution is -2.34. The Morgan fingerprint density at radius 1 is 1.44 bits per heavy atom. The van der Waals surface area contributed by atoms with Crippen LogP contribution >= 0.6 is 0 Å². The van der Waals surface area contributed by atoms with E-state index in [2.05, 4.69) is 17.3 Å². The first-order valence-corrected chi connectivity index (χ1v) is 5.95. The summed E-state index contributed by atoms with van der Waals surface area (Å²) in [5.74, 6) is 0.417. The van der Waals surface area contributed by atoms with Gasteiger partial charge in [0.1, 0.15) is 5.75 Å². The highest BCUT2D eigenvalue weighted by atomic mass is 16.3. The molecule has 1 atom stereocenters. The number of benzene rings is 1. The molecule has 16 heavy (non-hydrogen) atoms. The van der Waals surface area contributed by atoms with Crippen molar-refractivity contribution in [1.82, 2.24) is 10.2 Å². The largest absolute Gasteiger partial charge is 0.508 e. The first kappa shape index (κ1) is 11.4. The molecule has 2 N–H and O–H groups in total. The zero-order valence-corrected chi connectivity index (χ0v) is 9.82. The highest BCUT2D eigenvalue weighted by molar-refractivity contribution is 5.31. The van der Waals surface area contributed by atoms with Crippen molar-refractivity contribution in [1.29, 1.82) is 0 Å². The van der Waals surface area contributed by atoms with Gasteiger partial charge < -0.3 is 15.3 Å². The minimum atomic E-state index is 0.417. The Morgan fingerprint density at radius 2 is 2.25 bits per heavy atom. The van der Waals surface area contributed by atoms with Gasteiger partial charge in [-0.3, -0.25) is 0 Å². The van der Waals surface area contributed by atoms with E-state index in [0.717, 1.165) is 31.6 Å². The van der Waals surface area contributed by atoms with E-state index in [9.17, 15) is 5.11 Å². The van der Waals surface area contributed by atoms with Gasteiger partial charge in [0, 0.05) is 19.1 Å². The zero-order chi connectivity index (χ0) is 11.4.